The van der Waals surface area contributed by atoms with Crippen molar-refractivity contribution in [2.45, 2.75) is 19.4 Å². The number of aromatic amines is 1. The highest BCUT2D eigenvalue weighted by molar-refractivity contribution is 5.25. The van der Waals surface area contributed by atoms with Gasteiger partial charge < -0.3 is 15.0 Å². The van der Waals surface area contributed by atoms with E-state index < -0.39 is 0 Å². The molecule has 0 radical (unpaired) electrons. The van der Waals surface area contributed by atoms with Crippen LogP contribution in [0.5, 0.6) is 0 Å². The molecule has 0 amide bonds. The number of ether oxygens (including phenoxy) is 1. The molecule has 2 atom stereocenters. The van der Waals surface area contributed by atoms with E-state index in [0.717, 1.165) is 31.1 Å². The van der Waals surface area contributed by atoms with E-state index in [1.807, 2.05) is 19.2 Å². The number of H-pyrrole nitrogens is 1. The second-order valence-corrected chi connectivity index (χ2v) is 4.72. The zero-order chi connectivity index (χ0) is 13.1. The predicted octanol–water partition coefficient (Wildman–Crippen LogP) is 1.70. The topological polar surface area (TPSA) is 75.7 Å². The standard InChI is InChI=1S/C13H17N5O/c1-9-2-4-16-13(18-9)17-8-10-3-7-19-11(10)12-14-5-6-15-12/h2,4-6,10-11H,3,7-8H2,1H3,(H,14,15)(H,16,17,18)/t10-,11+/m0/s1. The molecule has 6 nitrogen and oxygen atoms in total. The number of hydrogen-bond donors (Lipinski definition) is 2. The van der Waals surface area contributed by atoms with Crippen LogP contribution < -0.4 is 5.32 Å². The third-order valence-corrected chi connectivity index (χ3v) is 3.32. The molecule has 0 aromatic carbocycles. The van der Waals surface area contributed by atoms with Crippen LogP contribution in [0.2, 0.25) is 0 Å². The van der Waals surface area contributed by atoms with Gasteiger partial charge in [-0.25, -0.2) is 15.0 Å². The summed E-state index contributed by atoms with van der Waals surface area (Å²) in [6, 6.07) is 1.88. The molecule has 1 saturated heterocycles. The Morgan fingerprint density at radius 3 is 3.16 bits per heavy atom. The van der Waals surface area contributed by atoms with Gasteiger partial charge >= 0.3 is 0 Å². The molecule has 2 aromatic rings. The highest BCUT2D eigenvalue weighted by Gasteiger charge is 2.31. The maximum Gasteiger partial charge on any atom is 0.222 e. The van der Waals surface area contributed by atoms with Crippen LogP contribution in [-0.4, -0.2) is 33.1 Å². The second kappa shape index (κ2) is 5.36. The first kappa shape index (κ1) is 12.1. The van der Waals surface area contributed by atoms with E-state index in [0.29, 0.717) is 11.9 Å². The Hall–Kier alpha value is -1.95. The summed E-state index contributed by atoms with van der Waals surface area (Å²) >= 11 is 0. The lowest BCUT2D eigenvalue weighted by Crippen LogP contribution is -2.19. The molecular formula is C13H17N5O. The SMILES string of the molecule is Cc1ccnc(NC[C@@H]2CCO[C@H]2c2ncc[nH]2)n1. The molecule has 1 fully saturated rings. The molecule has 0 aliphatic carbocycles. The number of nitrogens with one attached hydrogen (secondary N) is 2. The zero-order valence-electron chi connectivity index (χ0n) is 10.8. The van der Waals surface area contributed by atoms with E-state index in [2.05, 4.69) is 25.3 Å². The van der Waals surface area contributed by atoms with Gasteiger partial charge in [0.2, 0.25) is 5.95 Å². The van der Waals surface area contributed by atoms with Gasteiger partial charge in [0, 0.05) is 43.4 Å². The van der Waals surface area contributed by atoms with Crippen molar-refractivity contribution < 1.29 is 4.74 Å². The van der Waals surface area contributed by atoms with E-state index >= 15 is 0 Å². The lowest BCUT2D eigenvalue weighted by atomic mass is 10.0. The number of aromatic nitrogens is 4. The molecular weight excluding hydrogens is 242 g/mol. The van der Waals surface area contributed by atoms with Gasteiger partial charge in [0.25, 0.3) is 0 Å². The van der Waals surface area contributed by atoms with Gasteiger partial charge in [-0.2, -0.15) is 0 Å². The van der Waals surface area contributed by atoms with Crippen molar-refractivity contribution in [3.63, 3.8) is 0 Å². The maximum atomic E-state index is 5.75. The van der Waals surface area contributed by atoms with E-state index in [-0.39, 0.29) is 6.10 Å². The van der Waals surface area contributed by atoms with Gasteiger partial charge in [-0.05, 0) is 19.4 Å². The summed E-state index contributed by atoms with van der Waals surface area (Å²) in [5.41, 5.74) is 0.961. The number of anilines is 1. The number of nitrogens with zero attached hydrogens (tertiary/aromatic N) is 3. The average Bonchev–Trinajstić information content (AvgIpc) is 3.07. The smallest absolute Gasteiger partial charge is 0.222 e. The Morgan fingerprint density at radius 1 is 1.42 bits per heavy atom. The molecule has 3 rings (SSSR count). The van der Waals surface area contributed by atoms with Crippen LogP contribution in [0.1, 0.15) is 24.0 Å². The molecule has 3 heterocycles. The van der Waals surface area contributed by atoms with Crippen LogP contribution >= 0.6 is 0 Å². The summed E-state index contributed by atoms with van der Waals surface area (Å²) in [6.45, 7) is 3.51. The van der Waals surface area contributed by atoms with Crippen LogP contribution in [0.4, 0.5) is 5.95 Å². The van der Waals surface area contributed by atoms with Crippen molar-refractivity contribution in [2.24, 2.45) is 5.92 Å². The summed E-state index contributed by atoms with van der Waals surface area (Å²) in [7, 11) is 0. The number of hydrogen-bond acceptors (Lipinski definition) is 5. The Kier molecular flexibility index (Phi) is 3.41. The fourth-order valence-electron chi connectivity index (χ4n) is 2.33. The first-order valence-electron chi connectivity index (χ1n) is 6.47. The highest BCUT2D eigenvalue weighted by Crippen LogP contribution is 2.32. The number of aryl methyl sites for hydroxylation is 1. The lowest BCUT2D eigenvalue weighted by molar-refractivity contribution is 0.0868. The molecule has 2 aromatic heterocycles. The highest BCUT2D eigenvalue weighted by atomic mass is 16.5. The van der Waals surface area contributed by atoms with Gasteiger partial charge in [0.15, 0.2) is 0 Å². The summed E-state index contributed by atoms with van der Waals surface area (Å²) in [4.78, 5) is 15.9. The number of imidazole rings is 1. The minimum atomic E-state index is 0.0345. The minimum absolute atomic E-state index is 0.0345. The quantitative estimate of drug-likeness (QED) is 0.874. The number of rotatable bonds is 4. The van der Waals surface area contributed by atoms with Crippen LogP contribution in [-0.2, 0) is 4.74 Å². The van der Waals surface area contributed by atoms with E-state index in [9.17, 15) is 0 Å². The summed E-state index contributed by atoms with van der Waals surface area (Å²) in [6.07, 6.45) is 6.40. The largest absolute Gasteiger partial charge is 0.370 e. The maximum absolute atomic E-state index is 5.75. The molecule has 0 bridgehead atoms. The molecule has 1 aliphatic heterocycles. The van der Waals surface area contributed by atoms with Crippen molar-refractivity contribution in [3.05, 3.63) is 36.2 Å². The average molecular weight is 259 g/mol. The summed E-state index contributed by atoms with van der Waals surface area (Å²) in [5.74, 6) is 1.95. The Bertz CT molecular complexity index is 528. The fourth-order valence-corrected chi connectivity index (χ4v) is 2.33. The van der Waals surface area contributed by atoms with Gasteiger partial charge in [-0.15, -0.1) is 0 Å². The third-order valence-electron chi connectivity index (χ3n) is 3.32. The zero-order valence-corrected chi connectivity index (χ0v) is 10.8. The van der Waals surface area contributed by atoms with Crippen molar-refractivity contribution >= 4 is 5.95 Å². The first-order valence-corrected chi connectivity index (χ1v) is 6.47. The summed E-state index contributed by atoms with van der Waals surface area (Å²) < 4.78 is 5.75. The molecule has 6 heteroatoms. The van der Waals surface area contributed by atoms with Crippen molar-refractivity contribution in [2.75, 3.05) is 18.5 Å². The Balaban J connectivity index is 1.63. The molecule has 1 aliphatic rings. The van der Waals surface area contributed by atoms with Crippen molar-refractivity contribution in [3.8, 4) is 0 Å². The minimum Gasteiger partial charge on any atom is -0.370 e. The Labute approximate surface area is 111 Å². The Morgan fingerprint density at radius 2 is 2.37 bits per heavy atom. The van der Waals surface area contributed by atoms with Gasteiger partial charge in [0.1, 0.15) is 11.9 Å². The van der Waals surface area contributed by atoms with Crippen LogP contribution in [0.3, 0.4) is 0 Å². The molecule has 100 valence electrons. The molecule has 0 saturated carbocycles. The molecule has 0 unspecified atom stereocenters. The lowest BCUT2D eigenvalue weighted by Gasteiger charge is -2.17. The molecule has 19 heavy (non-hydrogen) atoms. The van der Waals surface area contributed by atoms with E-state index in [1.54, 1.807) is 12.4 Å². The van der Waals surface area contributed by atoms with Gasteiger partial charge in [0.05, 0.1) is 0 Å². The monoisotopic (exact) mass is 259 g/mol. The molecule has 0 spiro atoms. The summed E-state index contributed by atoms with van der Waals surface area (Å²) in [5, 5.41) is 3.28. The first-order chi connectivity index (χ1) is 9.33. The van der Waals surface area contributed by atoms with Crippen LogP contribution in [0.25, 0.3) is 0 Å². The third kappa shape index (κ3) is 2.73. The fraction of sp³-hybridized carbons (Fsp3) is 0.462. The van der Waals surface area contributed by atoms with Crippen LogP contribution in [0.15, 0.2) is 24.7 Å². The normalized spacial score (nSPS) is 22.6. The van der Waals surface area contributed by atoms with E-state index in [1.165, 1.54) is 0 Å². The van der Waals surface area contributed by atoms with Crippen LogP contribution in [0, 0.1) is 12.8 Å². The molecule has 2 N–H and O–H groups in total. The van der Waals surface area contributed by atoms with Crippen molar-refractivity contribution in [1.29, 1.82) is 0 Å². The van der Waals surface area contributed by atoms with Crippen molar-refractivity contribution in [1.82, 2.24) is 19.9 Å². The van der Waals surface area contributed by atoms with E-state index in [4.69, 9.17) is 4.74 Å². The van der Waals surface area contributed by atoms with Gasteiger partial charge in [-0.3, -0.25) is 0 Å². The second-order valence-electron chi connectivity index (χ2n) is 4.72. The van der Waals surface area contributed by atoms with Gasteiger partial charge in [-0.1, -0.05) is 0 Å². The predicted molar refractivity (Wildman–Crippen MR) is 70.6 cm³/mol.